The largest absolute Gasteiger partial charge is 0.494 e. The molecule has 0 fully saturated rings. The van der Waals surface area contributed by atoms with Gasteiger partial charge in [0.2, 0.25) is 0 Å². The minimum Gasteiger partial charge on any atom is -0.494 e. The second-order valence-electron chi connectivity index (χ2n) is 8.64. The predicted molar refractivity (Wildman–Crippen MR) is 130 cm³/mol. The first-order valence-corrected chi connectivity index (χ1v) is 11.8. The first kappa shape index (κ1) is 21.1. The molecule has 3 heterocycles. The van der Waals surface area contributed by atoms with Crippen LogP contribution in [0.1, 0.15) is 36.1 Å². The summed E-state index contributed by atoms with van der Waals surface area (Å²) in [5.74, 6) is 0.932. The van der Waals surface area contributed by atoms with E-state index < -0.39 is 0 Å². The maximum atomic E-state index is 6.16. The fourth-order valence-electron chi connectivity index (χ4n) is 4.56. The highest BCUT2D eigenvalue weighted by Crippen LogP contribution is 2.30. The third-order valence-corrected chi connectivity index (χ3v) is 6.53. The zero-order valence-corrected chi connectivity index (χ0v) is 19.1. The summed E-state index contributed by atoms with van der Waals surface area (Å²) in [6.07, 6.45) is 7.24. The average Bonchev–Trinajstić information content (AvgIpc) is 3.22. The van der Waals surface area contributed by atoms with Crippen molar-refractivity contribution in [2.45, 2.75) is 38.6 Å². The second-order valence-corrected chi connectivity index (χ2v) is 9.07. The summed E-state index contributed by atoms with van der Waals surface area (Å²) in [7, 11) is 0. The molecule has 32 heavy (non-hydrogen) atoms. The van der Waals surface area contributed by atoms with E-state index in [2.05, 4.69) is 46.2 Å². The van der Waals surface area contributed by atoms with Crippen LogP contribution in [-0.2, 0) is 19.4 Å². The molecular formula is C26H29ClN4O. The first-order valence-electron chi connectivity index (χ1n) is 11.4. The summed E-state index contributed by atoms with van der Waals surface area (Å²) in [5, 5.41) is 8.74. The van der Waals surface area contributed by atoms with E-state index in [4.69, 9.17) is 16.3 Å². The molecule has 0 radical (unpaired) electrons. The Kier molecular flexibility index (Phi) is 6.19. The third kappa shape index (κ3) is 4.69. The molecule has 0 bridgehead atoms. The van der Waals surface area contributed by atoms with Gasteiger partial charge in [-0.15, -0.1) is 0 Å². The van der Waals surface area contributed by atoms with Crippen molar-refractivity contribution in [3.8, 4) is 11.4 Å². The van der Waals surface area contributed by atoms with Crippen molar-refractivity contribution in [1.29, 1.82) is 0 Å². The molecule has 3 aromatic rings. The van der Waals surface area contributed by atoms with Gasteiger partial charge >= 0.3 is 0 Å². The molecule has 0 aliphatic carbocycles. The number of anilines is 1. The van der Waals surface area contributed by atoms with Gasteiger partial charge in [-0.3, -0.25) is 4.90 Å². The van der Waals surface area contributed by atoms with Crippen molar-refractivity contribution in [2.75, 3.05) is 25.0 Å². The molecule has 0 spiro atoms. The number of allylic oxidation sites excluding steroid dienone is 1. The maximum absolute atomic E-state index is 6.16. The van der Waals surface area contributed by atoms with E-state index in [9.17, 15) is 0 Å². The molecule has 0 amide bonds. The molecular weight excluding hydrogens is 420 g/mol. The fraction of sp³-hybridized carbons (Fsp3) is 0.346. The summed E-state index contributed by atoms with van der Waals surface area (Å²) in [4.78, 5) is 2.51. The number of nitrogens with one attached hydrogen (secondary N) is 1. The van der Waals surface area contributed by atoms with Crippen molar-refractivity contribution in [2.24, 2.45) is 0 Å². The second kappa shape index (κ2) is 9.39. The van der Waals surface area contributed by atoms with Crippen LogP contribution >= 0.6 is 11.6 Å². The standard InChI is InChI=1S/C26H29ClN4O/c1-19-7-8-20-9-10-24(16-25(20)29-19)32-14-3-2-12-30-13-11-26-21(18-30)17-28-31(26)23-6-4-5-22(27)15-23/h4-6,9-10,15-17,29H,1-3,7-8,11-14,18H2. The average molecular weight is 449 g/mol. The predicted octanol–water partition coefficient (Wildman–Crippen LogP) is 5.61. The smallest absolute Gasteiger partial charge is 0.121 e. The molecule has 1 N–H and O–H groups in total. The van der Waals surface area contributed by atoms with Crippen LogP contribution in [0.5, 0.6) is 5.75 Å². The lowest BCUT2D eigenvalue weighted by Gasteiger charge is -2.27. The van der Waals surface area contributed by atoms with Crippen LogP contribution in [0.15, 0.2) is 60.9 Å². The number of fused-ring (bicyclic) bond motifs is 2. The van der Waals surface area contributed by atoms with Gasteiger partial charge < -0.3 is 10.1 Å². The highest BCUT2D eigenvalue weighted by molar-refractivity contribution is 6.30. The molecule has 2 aromatic carbocycles. The molecule has 5 nitrogen and oxygen atoms in total. The van der Waals surface area contributed by atoms with Gasteiger partial charge in [0.05, 0.1) is 18.5 Å². The Hall–Kier alpha value is -2.76. The lowest BCUT2D eigenvalue weighted by atomic mass is 10.0. The highest BCUT2D eigenvalue weighted by atomic mass is 35.5. The summed E-state index contributed by atoms with van der Waals surface area (Å²) in [6, 6.07) is 14.2. The van der Waals surface area contributed by atoms with Crippen LogP contribution in [0.25, 0.3) is 5.69 Å². The molecule has 0 unspecified atom stereocenters. The lowest BCUT2D eigenvalue weighted by Crippen LogP contribution is -2.32. The van der Waals surface area contributed by atoms with Gasteiger partial charge in [0, 0.05) is 53.2 Å². The zero-order chi connectivity index (χ0) is 21.9. The summed E-state index contributed by atoms with van der Waals surface area (Å²) in [6.45, 7) is 7.87. The summed E-state index contributed by atoms with van der Waals surface area (Å²) in [5.41, 5.74) is 7.21. The van der Waals surface area contributed by atoms with Crippen LogP contribution in [-0.4, -0.2) is 34.4 Å². The zero-order valence-electron chi connectivity index (χ0n) is 18.3. The maximum Gasteiger partial charge on any atom is 0.121 e. The minimum atomic E-state index is 0.739. The molecule has 6 heteroatoms. The Labute approximate surface area is 194 Å². The number of rotatable bonds is 7. The minimum absolute atomic E-state index is 0.739. The Morgan fingerprint density at radius 3 is 2.91 bits per heavy atom. The van der Waals surface area contributed by atoms with Crippen molar-refractivity contribution >= 4 is 17.3 Å². The molecule has 2 aliphatic heterocycles. The van der Waals surface area contributed by atoms with Crippen molar-refractivity contribution in [3.05, 3.63) is 82.8 Å². The number of aromatic nitrogens is 2. The number of hydrogen-bond donors (Lipinski definition) is 1. The van der Waals surface area contributed by atoms with Crippen LogP contribution < -0.4 is 10.1 Å². The number of aryl methyl sites for hydroxylation is 1. The van der Waals surface area contributed by atoms with Crippen LogP contribution in [0.3, 0.4) is 0 Å². The molecule has 0 atom stereocenters. The van der Waals surface area contributed by atoms with Gasteiger partial charge in [-0.05, 0) is 62.1 Å². The van der Waals surface area contributed by atoms with Crippen LogP contribution in [0.4, 0.5) is 5.69 Å². The van der Waals surface area contributed by atoms with Gasteiger partial charge in [-0.25, -0.2) is 4.68 Å². The van der Waals surface area contributed by atoms with Crippen molar-refractivity contribution in [1.82, 2.24) is 14.7 Å². The number of nitrogens with zero attached hydrogens (tertiary/aromatic N) is 3. The molecule has 2 aliphatic rings. The quantitative estimate of drug-likeness (QED) is 0.477. The van der Waals surface area contributed by atoms with Gasteiger partial charge in [-0.2, -0.15) is 5.10 Å². The number of benzene rings is 2. The van der Waals surface area contributed by atoms with Crippen LogP contribution in [0, 0.1) is 0 Å². The topological polar surface area (TPSA) is 42.3 Å². The Bertz CT molecular complexity index is 1120. The molecule has 0 saturated heterocycles. The van der Waals surface area contributed by atoms with E-state index in [1.165, 1.54) is 16.8 Å². The monoisotopic (exact) mass is 448 g/mol. The number of hydrogen-bond acceptors (Lipinski definition) is 4. The first-order chi connectivity index (χ1) is 15.7. The van der Waals surface area contributed by atoms with E-state index in [-0.39, 0.29) is 0 Å². The van der Waals surface area contributed by atoms with E-state index >= 15 is 0 Å². The normalized spacial score (nSPS) is 15.7. The lowest BCUT2D eigenvalue weighted by molar-refractivity contribution is 0.233. The van der Waals surface area contributed by atoms with E-state index in [0.717, 1.165) is 86.2 Å². The number of ether oxygens (including phenoxy) is 1. The Morgan fingerprint density at radius 2 is 2.00 bits per heavy atom. The summed E-state index contributed by atoms with van der Waals surface area (Å²) < 4.78 is 8.04. The molecule has 0 saturated carbocycles. The molecule has 5 rings (SSSR count). The number of halogens is 1. The summed E-state index contributed by atoms with van der Waals surface area (Å²) >= 11 is 6.16. The molecule has 1 aromatic heterocycles. The van der Waals surface area contributed by atoms with Crippen LogP contribution in [0.2, 0.25) is 5.02 Å². The number of unbranched alkanes of at least 4 members (excludes halogenated alkanes) is 1. The third-order valence-electron chi connectivity index (χ3n) is 6.29. The van der Waals surface area contributed by atoms with E-state index in [1.54, 1.807) is 0 Å². The van der Waals surface area contributed by atoms with E-state index in [0.29, 0.717) is 0 Å². The molecule has 166 valence electrons. The van der Waals surface area contributed by atoms with E-state index in [1.807, 2.05) is 29.1 Å². The van der Waals surface area contributed by atoms with Gasteiger partial charge in [0.25, 0.3) is 0 Å². The Morgan fingerprint density at radius 1 is 1.06 bits per heavy atom. The Balaban J connectivity index is 1.08. The van der Waals surface area contributed by atoms with Crippen molar-refractivity contribution in [3.63, 3.8) is 0 Å². The van der Waals surface area contributed by atoms with Gasteiger partial charge in [0.15, 0.2) is 0 Å². The van der Waals surface area contributed by atoms with Crippen molar-refractivity contribution < 1.29 is 4.74 Å². The fourth-order valence-corrected chi connectivity index (χ4v) is 4.74. The SMILES string of the molecule is C=C1CCc2ccc(OCCCCN3CCc4c(cnn4-c4cccc(Cl)c4)C3)cc2N1. The van der Waals surface area contributed by atoms with Gasteiger partial charge in [-0.1, -0.05) is 30.3 Å². The van der Waals surface area contributed by atoms with Gasteiger partial charge in [0.1, 0.15) is 5.75 Å². The highest BCUT2D eigenvalue weighted by Gasteiger charge is 2.21.